The largest absolute Gasteiger partial charge is 0.481 e. The summed E-state index contributed by atoms with van der Waals surface area (Å²) in [5.41, 5.74) is -0.995. The van der Waals surface area contributed by atoms with Crippen LogP contribution in [-0.2, 0) is 9.47 Å². The lowest BCUT2D eigenvalue weighted by molar-refractivity contribution is -0.386. The van der Waals surface area contributed by atoms with Crippen molar-refractivity contribution in [2.24, 2.45) is 0 Å². The Balaban J connectivity index is 3.14. The van der Waals surface area contributed by atoms with E-state index in [1.54, 1.807) is 13.8 Å². The Kier molecular flexibility index (Phi) is 6.04. The summed E-state index contributed by atoms with van der Waals surface area (Å²) in [7, 11) is 1.08. The number of benzene rings is 1. The smallest absolute Gasteiger partial charge is 0.340 e. The Hall–Kier alpha value is -2.22. The molecule has 1 rings (SSSR count). The molecule has 0 heterocycles. The molecule has 0 N–H and O–H groups in total. The van der Waals surface area contributed by atoms with Crippen molar-refractivity contribution >= 4 is 11.7 Å². The van der Waals surface area contributed by atoms with Gasteiger partial charge in [0.05, 0.1) is 30.3 Å². The van der Waals surface area contributed by atoms with Gasteiger partial charge in [-0.1, -0.05) is 0 Å². The van der Waals surface area contributed by atoms with Crippen molar-refractivity contribution in [3.8, 4) is 5.75 Å². The van der Waals surface area contributed by atoms with Crippen LogP contribution in [0.5, 0.6) is 5.75 Å². The first kappa shape index (κ1) is 16.8. The molecule has 1 aromatic rings. The van der Waals surface area contributed by atoms with Crippen LogP contribution in [0.4, 0.5) is 10.1 Å². The van der Waals surface area contributed by atoms with E-state index in [0.29, 0.717) is 12.7 Å². The molecule has 0 aromatic heterocycles. The van der Waals surface area contributed by atoms with E-state index < -0.39 is 34.1 Å². The van der Waals surface area contributed by atoms with Gasteiger partial charge in [-0.25, -0.2) is 9.18 Å². The van der Waals surface area contributed by atoms with Crippen LogP contribution in [0.25, 0.3) is 0 Å². The van der Waals surface area contributed by atoms with Crippen LogP contribution < -0.4 is 4.74 Å². The maximum absolute atomic E-state index is 13.7. The molecular weight excluding hydrogens is 285 g/mol. The fraction of sp³-hybridized carbons (Fsp3) is 0.462. The predicted octanol–water partition coefficient (Wildman–Crippen LogP) is 2.32. The molecule has 21 heavy (non-hydrogen) atoms. The van der Waals surface area contributed by atoms with Crippen molar-refractivity contribution in [1.82, 2.24) is 0 Å². The second-order valence-corrected chi connectivity index (χ2v) is 4.14. The van der Waals surface area contributed by atoms with Crippen LogP contribution in [0.3, 0.4) is 0 Å². The minimum Gasteiger partial charge on any atom is -0.481 e. The highest BCUT2D eigenvalue weighted by Crippen LogP contribution is 2.31. The number of methoxy groups -OCH3 is 1. The van der Waals surface area contributed by atoms with E-state index in [-0.39, 0.29) is 12.4 Å². The van der Waals surface area contributed by atoms with Crippen LogP contribution in [0.2, 0.25) is 0 Å². The molecule has 8 heteroatoms. The molecule has 0 saturated carbocycles. The minimum atomic E-state index is -1.04. The highest BCUT2D eigenvalue weighted by Gasteiger charge is 2.24. The monoisotopic (exact) mass is 301 g/mol. The average Bonchev–Trinajstić information content (AvgIpc) is 2.45. The Bertz CT molecular complexity index is 534. The zero-order chi connectivity index (χ0) is 16.0. The molecule has 7 nitrogen and oxygen atoms in total. The molecule has 0 bridgehead atoms. The van der Waals surface area contributed by atoms with Crippen LogP contribution in [0.15, 0.2) is 12.1 Å². The Morgan fingerprint density at radius 1 is 1.48 bits per heavy atom. The molecule has 0 aliphatic carbocycles. The van der Waals surface area contributed by atoms with Gasteiger partial charge < -0.3 is 14.2 Å². The molecule has 0 fully saturated rings. The highest BCUT2D eigenvalue weighted by atomic mass is 19.1. The molecule has 0 saturated heterocycles. The molecule has 1 aromatic carbocycles. The molecule has 0 aliphatic rings. The summed E-state index contributed by atoms with van der Waals surface area (Å²) >= 11 is 0. The quantitative estimate of drug-likeness (QED) is 0.436. The van der Waals surface area contributed by atoms with E-state index in [9.17, 15) is 19.3 Å². The lowest BCUT2D eigenvalue weighted by Crippen LogP contribution is -2.20. The summed E-state index contributed by atoms with van der Waals surface area (Å²) in [4.78, 5) is 21.6. The third-order valence-electron chi connectivity index (χ3n) is 2.54. The van der Waals surface area contributed by atoms with Gasteiger partial charge in [-0.15, -0.1) is 0 Å². The standard InChI is InChI=1S/C13H16FNO6/c1-4-20-7-8(2)21-12-5-9(13(16)19-3)10(14)6-11(12)15(17)18/h5-6,8H,4,7H2,1-3H3. The van der Waals surface area contributed by atoms with Crippen molar-refractivity contribution in [3.63, 3.8) is 0 Å². The maximum atomic E-state index is 13.7. The zero-order valence-electron chi connectivity index (χ0n) is 11.9. The number of carbonyl (C=O) groups is 1. The number of ether oxygens (including phenoxy) is 3. The molecule has 116 valence electrons. The van der Waals surface area contributed by atoms with Crippen molar-refractivity contribution < 1.29 is 28.3 Å². The molecule has 0 spiro atoms. The topological polar surface area (TPSA) is 87.9 Å². The molecule has 0 amide bonds. The van der Waals surface area contributed by atoms with Gasteiger partial charge in [-0.3, -0.25) is 10.1 Å². The van der Waals surface area contributed by atoms with Gasteiger partial charge in [-0.05, 0) is 13.8 Å². The number of hydrogen-bond acceptors (Lipinski definition) is 6. The number of nitrogens with zero attached hydrogens (tertiary/aromatic N) is 1. The molecule has 1 atom stereocenters. The second kappa shape index (κ2) is 7.53. The minimum absolute atomic E-state index is 0.207. The van der Waals surface area contributed by atoms with Crippen LogP contribution in [-0.4, -0.2) is 37.3 Å². The highest BCUT2D eigenvalue weighted by molar-refractivity contribution is 5.90. The van der Waals surface area contributed by atoms with E-state index >= 15 is 0 Å². The third-order valence-corrected chi connectivity index (χ3v) is 2.54. The number of esters is 1. The Morgan fingerprint density at radius 2 is 2.14 bits per heavy atom. The van der Waals surface area contributed by atoms with E-state index in [0.717, 1.165) is 13.2 Å². The van der Waals surface area contributed by atoms with Crippen molar-refractivity contribution in [3.05, 3.63) is 33.6 Å². The van der Waals surface area contributed by atoms with E-state index in [1.165, 1.54) is 0 Å². The van der Waals surface area contributed by atoms with Crippen LogP contribution in [0, 0.1) is 15.9 Å². The summed E-state index contributed by atoms with van der Waals surface area (Å²) in [6.07, 6.45) is -0.500. The lowest BCUT2D eigenvalue weighted by Gasteiger charge is -2.15. The van der Waals surface area contributed by atoms with Gasteiger partial charge in [-0.2, -0.15) is 0 Å². The summed E-state index contributed by atoms with van der Waals surface area (Å²) in [6.45, 7) is 4.11. The number of rotatable bonds is 7. The van der Waals surface area contributed by atoms with Gasteiger partial charge >= 0.3 is 11.7 Å². The first-order valence-electron chi connectivity index (χ1n) is 6.21. The second-order valence-electron chi connectivity index (χ2n) is 4.14. The van der Waals surface area contributed by atoms with Crippen molar-refractivity contribution in [2.45, 2.75) is 20.0 Å². The molecular formula is C13H16FNO6. The van der Waals surface area contributed by atoms with Gasteiger partial charge in [0.15, 0.2) is 5.75 Å². The molecule has 0 aliphatic heterocycles. The summed E-state index contributed by atoms with van der Waals surface area (Å²) < 4.78 is 28.6. The molecule has 1 unspecified atom stereocenters. The summed E-state index contributed by atoms with van der Waals surface area (Å²) in [6, 6.07) is 1.59. The maximum Gasteiger partial charge on any atom is 0.340 e. The predicted molar refractivity (Wildman–Crippen MR) is 71.0 cm³/mol. The van der Waals surface area contributed by atoms with E-state index in [4.69, 9.17) is 9.47 Å². The van der Waals surface area contributed by atoms with Gasteiger partial charge in [0.25, 0.3) is 0 Å². The fourth-order valence-corrected chi connectivity index (χ4v) is 1.58. The van der Waals surface area contributed by atoms with E-state index in [1.807, 2.05) is 0 Å². The van der Waals surface area contributed by atoms with Crippen LogP contribution in [0.1, 0.15) is 24.2 Å². The Labute approximate surface area is 120 Å². The van der Waals surface area contributed by atoms with Gasteiger partial charge in [0, 0.05) is 12.7 Å². The van der Waals surface area contributed by atoms with Gasteiger partial charge in [0.1, 0.15) is 11.9 Å². The summed E-state index contributed by atoms with van der Waals surface area (Å²) in [5, 5.41) is 10.9. The number of hydrogen-bond donors (Lipinski definition) is 0. The average molecular weight is 301 g/mol. The SMILES string of the molecule is CCOCC(C)Oc1cc(C(=O)OC)c(F)cc1[N+](=O)[O-]. The normalized spacial score (nSPS) is 11.8. The lowest BCUT2D eigenvalue weighted by atomic mass is 10.1. The first-order chi connectivity index (χ1) is 9.90. The number of nitro benzene ring substituents is 1. The third kappa shape index (κ3) is 4.38. The first-order valence-corrected chi connectivity index (χ1v) is 6.21. The zero-order valence-corrected chi connectivity index (χ0v) is 11.9. The van der Waals surface area contributed by atoms with Crippen molar-refractivity contribution in [2.75, 3.05) is 20.3 Å². The fourth-order valence-electron chi connectivity index (χ4n) is 1.58. The van der Waals surface area contributed by atoms with Crippen molar-refractivity contribution in [1.29, 1.82) is 0 Å². The molecule has 0 radical (unpaired) electrons. The number of nitro groups is 1. The van der Waals surface area contributed by atoms with Gasteiger partial charge in [0.2, 0.25) is 0 Å². The van der Waals surface area contributed by atoms with Crippen LogP contribution >= 0.6 is 0 Å². The summed E-state index contributed by atoms with van der Waals surface area (Å²) in [5.74, 6) is -2.20. The number of halogens is 1. The Morgan fingerprint density at radius 3 is 2.67 bits per heavy atom. The van der Waals surface area contributed by atoms with E-state index in [2.05, 4.69) is 4.74 Å². The number of carbonyl (C=O) groups excluding carboxylic acids is 1.